The van der Waals surface area contributed by atoms with Crippen LogP contribution in [0, 0.1) is 0 Å². The molecule has 1 atom stereocenters. The first-order chi connectivity index (χ1) is 19.2. The van der Waals surface area contributed by atoms with Crippen LogP contribution in [0.1, 0.15) is 29.2 Å². The normalized spacial score (nSPS) is 16.7. The fourth-order valence-electron chi connectivity index (χ4n) is 5.56. The number of allylic oxidation sites excluding steroid dienone is 4. The van der Waals surface area contributed by atoms with Crippen molar-refractivity contribution in [3.05, 3.63) is 179 Å². The lowest BCUT2D eigenvalue weighted by atomic mass is 9.96. The van der Waals surface area contributed by atoms with Crippen molar-refractivity contribution in [2.45, 2.75) is 25.8 Å². The van der Waals surface area contributed by atoms with Gasteiger partial charge in [0.05, 0.1) is 0 Å². The first kappa shape index (κ1) is 24.8. The van der Waals surface area contributed by atoms with E-state index in [2.05, 4.69) is 163 Å². The van der Waals surface area contributed by atoms with Crippen LogP contribution in [0.15, 0.2) is 157 Å². The van der Waals surface area contributed by atoms with Crippen LogP contribution in [0.3, 0.4) is 0 Å². The van der Waals surface area contributed by atoms with Crippen molar-refractivity contribution in [2.75, 3.05) is 16.3 Å². The smallest absolute Gasteiger partial charge is 0.0497 e. The number of para-hydroxylation sites is 2. The average molecular weight is 507 g/mol. The average Bonchev–Trinajstić information content (AvgIpc) is 2.99. The molecule has 0 radical (unpaired) electrons. The highest BCUT2D eigenvalue weighted by Crippen LogP contribution is 2.32. The molecule has 0 saturated heterocycles. The minimum Gasteiger partial charge on any atom is -0.344 e. The van der Waals surface area contributed by atoms with Crippen LogP contribution in [0.4, 0.5) is 11.4 Å². The highest BCUT2D eigenvalue weighted by molar-refractivity contribution is 5.64. The Morgan fingerprint density at radius 1 is 0.590 bits per heavy atom. The van der Waals surface area contributed by atoms with Crippen LogP contribution in [0.5, 0.6) is 0 Å². The largest absolute Gasteiger partial charge is 0.344 e. The van der Waals surface area contributed by atoms with Gasteiger partial charge in [-0.05, 0) is 77.5 Å². The van der Waals surface area contributed by atoms with Gasteiger partial charge in [0, 0.05) is 36.4 Å². The van der Waals surface area contributed by atoms with Gasteiger partial charge in [-0.1, -0.05) is 109 Å². The molecule has 2 heterocycles. The molecule has 0 spiro atoms. The topological polar surface area (TPSA) is 6.48 Å². The summed E-state index contributed by atoms with van der Waals surface area (Å²) >= 11 is 0. The second-order valence-corrected chi connectivity index (χ2v) is 10.3. The van der Waals surface area contributed by atoms with E-state index in [4.69, 9.17) is 0 Å². The zero-order valence-corrected chi connectivity index (χ0v) is 22.4. The second kappa shape index (κ2) is 11.4. The minimum absolute atomic E-state index is 0.265. The summed E-state index contributed by atoms with van der Waals surface area (Å²) in [7, 11) is 0. The molecule has 2 nitrogen and oxygen atoms in total. The van der Waals surface area contributed by atoms with Gasteiger partial charge in [-0.25, -0.2) is 0 Å². The molecule has 6 rings (SSSR count). The van der Waals surface area contributed by atoms with Crippen molar-refractivity contribution in [3.63, 3.8) is 0 Å². The third-order valence-corrected chi connectivity index (χ3v) is 7.60. The number of rotatable bonds is 7. The fourth-order valence-corrected chi connectivity index (χ4v) is 5.56. The quantitative estimate of drug-likeness (QED) is 0.248. The maximum absolute atomic E-state index is 2.39. The monoisotopic (exact) mass is 506 g/mol. The Labute approximate surface area is 232 Å². The molecule has 2 heteroatoms. The van der Waals surface area contributed by atoms with E-state index in [1.807, 2.05) is 0 Å². The molecule has 0 aromatic heterocycles. The first-order valence-electron chi connectivity index (χ1n) is 13.8. The Morgan fingerprint density at radius 2 is 1.13 bits per heavy atom. The Morgan fingerprint density at radius 3 is 1.72 bits per heavy atom. The number of benzene rings is 4. The molecule has 0 N–H and O–H groups in total. The van der Waals surface area contributed by atoms with Gasteiger partial charge in [-0.2, -0.15) is 0 Å². The molecule has 192 valence electrons. The predicted octanol–water partition coefficient (Wildman–Crippen LogP) is 8.48. The minimum atomic E-state index is 0.265. The molecule has 0 bridgehead atoms. The van der Waals surface area contributed by atoms with Crippen molar-refractivity contribution in [2.24, 2.45) is 0 Å². The SMILES string of the molecule is CC1C=C(C2=CCN(c3ccccc3Cc3ccccc3)C=C2)C=CN1c1ccccc1Cc1ccccc1. The maximum atomic E-state index is 2.39. The number of hydrogen-bond acceptors (Lipinski definition) is 2. The molecule has 0 saturated carbocycles. The zero-order valence-electron chi connectivity index (χ0n) is 22.4. The Kier molecular flexibility index (Phi) is 7.27. The van der Waals surface area contributed by atoms with Crippen LogP contribution in [0.2, 0.25) is 0 Å². The van der Waals surface area contributed by atoms with Crippen molar-refractivity contribution < 1.29 is 0 Å². The Bertz CT molecular complexity index is 1540. The van der Waals surface area contributed by atoms with Gasteiger partial charge in [0.2, 0.25) is 0 Å². The molecule has 1 unspecified atom stereocenters. The lowest BCUT2D eigenvalue weighted by Crippen LogP contribution is -2.30. The Balaban J connectivity index is 1.16. The molecule has 2 aliphatic heterocycles. The van der Waals surface area contributed by atoms with Gasteiger partial charge in [-0.15, -0.1) is 0 Å². The summed E-state index contributed by atoms with van der Waals surface area (Å²) in [5, 5.41) is 0. The summed E-state index contributed by atoms with van der Waals surface area (Å²) < 4.78 is 0. The Hall–Kier alpha value is -4.56. The highest BCUT2D eigenvalue weighted by atomic mass is 15.1. The third-order valence-electron chi connectivity index (χ3n) is 7.60. The third kappa shape index (κ3) is 5.66. The summed E-state index contributed by atoms with van der Waals surface area (Å²) in [6.07, 6.45) is 15.6. The van der Waals surface area contributed by atoms with E-state index in [1.54, 1.807) is 0 Å². The van der Waals surface area contributed by atoms with E-state index in [0.29, 0.717) is 0 Å². The van der Waals surface area contributed by atoms with Gasteiger partial charge in [0.15, 0.2) is 0 Å². The molecule has 2 aliphatic rings. The van der Waals surface area contributed by atoms with Gasteiger partial charge >= 0.3 is 0 Å². The lowest BCUT2D eigenvalue weighted by molar-refractivity contribution is 0.834. The summed E-state index contributed by atoms with van der Waals surface area (Å²) in [5.74, 6) is 0. The number of nitrogens with zero attached hydrogens (tertiary/aromatic N) is 2. The summed E-state index contributed by atoms with van der Waals surface area (Å²) in [4.78, 5) is 4.74. The van der Waals surface area contributed by atoms with Crippen molar-refractivity contribution in [3.8, 4) is 0 Å². The molecule has 4 aromatic carbocycles. The fraction of sp³-hybridized carbons (Fsp3) is 0.135. The van der Waals surface area contributed by atoms with Crippen LogP contribution in [-0.4, -0.2) is 12.6 Å². The van der Waals surface area contributed by atoms with Gasteiger partial charge in [0.25, 0.3) is 0 Å². The van der Waals surface area contributed by atoms with Crippen molar-refractivity contribution >= 4 is 11.4 Å². The summed E-state index contributed by atoms with van der Waals surface area (Å²) in [5.41, 5.74) is 10.5. The first-order valence-corrected chi connectivity index (χ1v) is 13.8. The summed E-state index contributed by atoms with van der Waals surface area (Å²) in [6.45, 7) is 3.14. The second-order valence-electron chi connectivity index (χ2n) is 10.3. The highest BCUT2D eigenvalue weighted by Gasteiger charge is 2.20. The lowest BCUT2D eigenvalue weighted by Gasteiger charge is -2.32. The van der Waals surface area contributed by atoms with E-state index < -0.39 is 0 Å². The van der Waals surface area contributed by atoms with Gasteiger partial charge < -0.3 is 9.80 Å². The summed E-state index contributed by atoms with van der Waals surface area (Å²) in [6, 6.07) is 39.2. The molecular formula is C37H34N2. The van der Waals surface area contributed by atoms with E-state index in [0.717, 1.165) is 19.4 Å². The standard InChI is InChI=1S/C37H34N2/c1-29-26-33(22-25-39(29)37-19-11-9-17-35(37)28-31-14-6-3-7-15-31)32-20-23-38(24-21-32)36-18-10-8-16-34(36)27-30-12-4-2-5-13-30/h2-23,25-26,29H,24,27-28H2,1H3. The van der Waals surface area contributed by atoms with E-state index in [1.165, 1.54) is 44.8 Å². The van der Waals surface area contributed by atoms with Gasteiger partial charge in [-0.3, -0.25) is 0 Å². The van der Waals surface area contributed by atoms with Crippen LogP contribution in [-0.2, 0) is 12.8 Å². The predicted molar refractivity (Wildman–Crippen MR) is 165 cm³/mol. The van der Waals surface area contributed by atoms with Crippen LogP contribution < -0.4 is 9.80 Å². The molecular weight excluding hydrogens is 472 g/mol. The van der Waals surface area contributed by atoms with E-state index >= 15 is 0 Å². The molecule has 0 aliphatic carbocycles. The van der Waals surface area contributed by atoms with E-state index in [-0.39, 0.29) is 6.04 Å². The number of hydrogen-bond donors (Lipinski definition) is 0. The molecule has 0 fully saturated rings. The van der Waals surface area contributed by atoms with Crippen LogP contribution in [0.25, 0.3) is 0 Å². The zero-order chi connectivity index (χ0) is 26.4. The van der Waals surface area contributed by atoms with Crippen molar-refractivity contribution in [1.82, 2.24) is 0 Å². The molecule has 39 heavy (non-hydrogen) atoms. The molecule has 4 aromatic rings. The molecule has 0 amide bonds. The van der Waals surface area contributed by atoms with E-state index in [9.17, 15) is 0 Å². The van der Waals surface area contributed by atoms with Gasteiger partial charge in [0.1, 0.15) is 0 Å². The maximum Gasteiger partial charge on any atom is 0.0497 e. The van der Waals surface area contributed by atoms with Crippen LogP contribution >= 0.6 is 0 Å². The number of anilines is 2. The van der Waals surface area contributed by atoms with Crippen molar-refractivity contribution in [1.29, 1.82) is 0 Å².